The Labute approximate surface area is 156 Å². The molecule has 0 aliphatic rings. The first-order valence-electron chi connectivity index (χ1n) is 7.83. The summed E-state index contributed by atoms with van der Waals surface area (Å²) in [6, 6.07) is 4.62. The van der Waals surface area contributed by atoms with Gasteiger partial charge < -0.3 is 21.5 Å². The predicted molar refractivity (Wildman–Crippen MR) is 101 cm³/mol. The third-order valence-corrected chi connectivity index (χ3v) is 4.68. The van der Waals surface area contributed by atoms with E-state index in [1.807, 2.05) is 20.1 Å². The van der Waals surface area contributed by atoms with Crippen molar-refractivity contribution in [2.75, 3.05) is 19.3 Å². The molecule has 7 nitrogen and oxygen atoms in total. The number of benzene rings is 1. The van der Waals surface area contributed by atoms with Crippen LogP contribution in [0.4, 0.5) is 4.39 Å². The minimum Gasteiger partial charge on any atom is -0.481 e. The van der Waals surface area contributed by atoms with Gasteiger partial charge in [0.2, 0.25) is 5.91 Å². The minimum absolute atomic E-state index is 0.254. The molecule has 0 radical (unpaired) electrons. The molecule has 0 aromatic heterocycles. The zero-order valence-electron chi connectivity index (χ0n) is 15.3. The number of nitrogens with two attached hydrogens (primary N) is 1. The summed E-state index contributed by atoms with van der Waals surface area (Å²) in [4.78, 5) is 32.7. The fourth-order valence-electron chi connectivity index (χ4n) is 1.62. The second-order valence-electron chi connectivity index (χ2n) is 5.86. The van der Waals surface area contributed by atoms with E-state index >= 15 is 0 Å². The largest absolute Gasteiger partial charge is 0.481 e. The first-order chi connectivity index (χ1) is 12.0. The van der Waals surface area contributed by atoms with Crippen LogP contribution in [0, 0.1) is 5.82 Å². The van der Waals surface area contributed by atoms with Gasteiger partial charge in [-0.25, -0.2) is 4.39 Å². The molecule has 2 amide bonds. The molecule has 0 aliphatic carbocycles. The molecule has 0 spiro atoms. The van der Waals surface area contributed by atoms with Crippen LogP contribution in [0.3, 0.4) is 0 Å². The molecule has 0 saturated carbocycles. The van der Waals surface area contributed by atoms with Crippen molar-refractivity contribution in [3.05, 3.63) is 35.6 Å². The van der Waals surface area contributed by atoms with E-state index in [-0.39, 0.29) is 29.7 Å². The Hall–Kier alpha value is -2.13. The van der Waals surface area contributed by atoms with Gasteiger partial charge >= 0.3 is 0 Å². The van der Waals surface area contributed by atoms with Gasteiger partial charge in [0.25, 0.3) is 11.9 Å². The summed E-state index contributed by atoms with van der Waals surface area (Å²) in [5.74, 6) is -1.80. The average Bonchev–Trinajstić information content (AvgIpc) is 2.57. The van der Waals surface area contributed by atoms with Gasteiger partial charge in [-0.1, -0.05) is 0 Å². The molecular weight excluding hydrogens is 361 g/mol. The molecule has 1 aromatic rings. The number of hydrogen-bond acceptors (Lipinski definition) is 5. The molecule has 0 heterocycles. The highest BCUT2D eigenvalue weighted by atomic mass is 32.2. The lowest BCUT2D eigenvalue weighted by Crippen LogP contribution is -2.52. The van der Waals surface area contributed by atoms with Gasteiger partial charge in [-0.15, -0.1) is 0 Å². The van der Waals surface area contributed by atoms with Crippen LogP contribution >= 0.6 is 11.8 Å². The monoisotopic (exact) mass is 387 g/mol. The number of carboxylic acids is 1. The van der Waals surface area contributed by atoms with Gasteiger partial charge in [0.15, 0.2) is 0 Å². The van der Waals surface area contributed by atoms with Crippen molar-refractivity contribution >= 4 is 29.5 Å². The molecule has 1 aromatic carbocycles. The zero-order chi connectivity index (χ0) is 20.3. The smallest absolute Gasteiger partial charge is 0.300 e. The van der Waals surface area contributed by atoms with E-state index < -0.39 is 17.8 Å². The SMILES string of the molecule is CC(=O)O.CSC(C)(C)[C@H](N)C(=O)NCCNC(=O)c1ccc(F)cc1. The van der Waals surface area contributed by atoms with Gasteiger partial charge in [0.1, 0.15) is 5.82 Å². The van der Waals surface area contributed by atoms with Crippen molar-refractivity contribution in [1.29, 1.82) is 0 Å². The van der Waals surface area contributed by atoms with Crippen LogP contribution < -0.4 is 16.4 Å². The summed E-state index contributed by atoms with van der Waals surface area (Å²) in [5, 5.41) is 12.7. The summed E-state index contributed by atoms with van der Waals surface area (Å²) in [6.45, 7) is 5.44. The van der Waals surface area contributed by atoms with Gasteiger partial charge in [-0.2, -0.15) is 11.8 Å². The maximum Gasteiger partial charge on any atom is 0.300 e. The summed E-state index contributed by atoms with van der Waals surface area (Å²) in [5.41, 5.74) is 6.27. The van der Waals surface area contributed by atoms with Gasteiger partial charge in [0, 0.05) is 30.3 Å². The first kappa shape index (κ1) is 23.9. The van der Waals surface area contributed by atoms with Crippen molar-refractivity contribution in [2.24, 2.45) is 5.73 Å². The summed E-state index contributed by atoms with van der Waals surface area (Å²) in [7, 11) is 0. The molecule has 5 N–H and O–H groups in total. The Morgan fingerprint density at radius 3 is 2.12 bits per heavy atom. The fraction of sp³-hybridized carbons (Fsp3) is 0.471. The average molecular weight is 387 g/mol. The van der Waals surface area contributed by atoms with E-state index in [4.69, 9.17) is 15.6 Å². The predicted octanol–water partition coefficient (Wildman–Crippen LogP) is 1.23. The summed E-state index contributed by atoms with van der Waals surface area (Å²) >= 11 is 1.52. The van der Waals surface area contributed by atoms with Crippen molar-refractivity contribution in [3.63, 3.8) is 0 Å². The molecule has 9 heteroatoms. The van der Waals surface area contributed by atoms with Crippen molar-refractivity contribution < 1.29 is 23.9 Å². The second kappa shape index (κ2) is 11.5. The fourth-order valence-corrected chi connectivity index (χ4v) is 1.98. The number of hydrogen-bond donors (Lipinski definition) is 4. The Kier molecular flexibility index (Phi) is 10.5. The number of carbonyl (C=O) groups excluding carboxylic acids is 2. The van der Waals surface area contributed by atoms with Crippen LogP contribution in [0.2, 0.25) is 0 Å². The van der Waals surface area contributed by atoms with E-state index in [0.717, 1.165) is 6.92 Å². The lowest BCUT2D eigenvalue weighted by atomic mass is 10.0. The lowest BCUT2D eigenvalue weighted by Gasteiger charge is -2.28. The molecule has 146 valence electrons. The first-order valence-corrected chi connectivity index (χ1v) is 9.05. The molecule has 0 unspecified atom stereocenters. The quantitative estimate of drug-likeness (QED) is 0.522. The zero-order valence-corrected chi connectivity index (χ0v) is 16.2. The summed E-state index contributed by atoms with van der Waals surface area (Å²) < 4.78 is 12.4. The number of halogens is 1. The van der Waals surface area contributed by atoms with E-state index in [1.165, 1.54) is 36.0 Å². The van der Waals surface area contributed by atoms with Crippen LogP contribution in [0.1, 0.15) is 31.1 Å². The highest BCUT2D eigenvalue weighted by Crippen LogP contribution is 2.24. The Bertz CT molecular complexity index is 605. The van der Waals surface area contributed by atoms with E-state index in [2.05, 4.69) is 10.6 Å². The number of rotatable bonds is 7. The molecule has 0 bridgehead atoms. The Morgan fingerprint density at radius 1 is 1.19 bits per heavy atom. The van der Waals surface area contributed by atoms with Crippen LogP contribution in [-0.2, 0) is 9.59 Å². The maximum absolute atomic E-state index is 12.8. The number of nitrogens with one attached hydrogen (secondary N) is 2. The van der Waals surface area contributed by atoms with Gasteiger partial charge in [-0.05, 0) is 44.4 Å². The van der Waals surface area contributed by atoms with Crippen LogP contribution in [-0.4, -0.2) is 53.0 Å². The normalized spacial score (nSPS) is 11.6. The van der Waals surface area contributed by atoms with E-state index in [1.54, 1.807) is 0 Å². The van der Waals surface area contributed by atoms with Crippen molar-refractivity contribution in [2.45, 2.75) is 31.6 Å². The summed E-state index contributed by atoms with van der Waals surface area (Å²) in [6.07, 6.45) is 1.90. The highest BCUT2D eigenvalue weighted by molar-refractivity contribution is 8.00. The van der Waals surface area contributed by atoms with Crippen LogP contribution in [0.25, 0.3) is 0 Å². The number of carboxylic acid groups (broad SMARTS) is 1. The number of thioether (sulfide) groups is 1. The molecule has 0 aliphatic heterocycles. The number of aliphatic carboxylic acids is 1. The van der Waals surface area contributed by atoms with Gasteiger partial charge in [0.05, 0.1) is 6.04 Å². The lowest BCUT2D eigenvalue weighted by molar-refractivity contribution is -0.134. The topological polar surface area (TPSA) is 122 Å². The van der Waals surface area contributed by atoms with E-state index in [9.17, 15) is 14.0 Å². The number of amides is 2. The number of carbonyl (C=O) groups is 3. The molecule has 0 saturated heterocycles. The van der Waals surface area contributed by atoms with Gasteiger partial charge in [-0.3, -0.25) is 14.4 Å². The standard InChI is InChI=1S/C15H22FN3O2S.C2H4O2/c1-15(2,22-3)12(17)14(21)19-9-8-18-13(20)10-4-6-11(16)7-5-10;1-2(3)4/h4-7,12H,8-9,17H2,1-3H3,(H,18,20)(H,19,21);1H3,(H,3,4)/t12-;/m1./s1. The maximum atomic E-state index is 12.8. The molecule has 1 atom stereocenters. The molecule has 1 rings (SSSR count). The molecule has 26 heavy (non-hydrogen) atoms. The van der Waals surface area contributed by atoms with Crippen LogP contribution in [0.15, 0.2) is 24.3 Å². The minimum atomic E-state index is -0.833. The second-order valence-corrected chi connectivity index (χ2v) is 7.32. The van der Waals surface area contributed by atoms with E-state index in [0.29, 0.717) is 5.56 Å². The third-order valence-electron chi connectivity index (χ3n) is 3.37. The molecular formula is C17H26FN3O4S. The molecule has 0 fully saturated rings. The highest BCUT2D eigenvalue weighted by Gasteiger charge is 2.30. The third kappa shape index (κ3) is 9.38. The van der Waals surface area contributed by atoms with Crippen LogP contribution in [0.5, 0.6) is 0 Å². The Morgan fingerprint density at radius 2 is 1.65 bits per heavy atom. The Balaban J connectivity index is 0.00000141. The van der Waals surface area contributed by atoms with Crippen molar-refractivity contribution in [1.82, 2.24) is 10.6 Å². The van der Waals surface area contributed by atoms with Crippen molar-refractivity contribution in [3.8, 4) is 0 Å².